The summed E-state index contributed by atoms with van der Waals surface area (Å²) in [5.41, 5.74) is 5.81. The largest absolute Gasteiger partial charge is 0.469 e. The molecule has 1 rings (SSSR count). The van der Waals surface area contributed by atoms with Crippen molar-refractivity contribution >= 4 is 11.7 Å². The number of nitrogens with two attached hydrogens (primary N) is 1. The van der Waals surface area contributed by atoms with Crippen LogP contribution in [0.4, 0.5) is 14.5 Å². The van der Waals surface area contributed by atoms with Crippen molar-refractivity contribution < 1.29 is 18.3 Å². The number of rotatable bonds is 3. The fourth-order valence-corrected chi connectivity index (χ4v) is 1.26. The number of aromatic nitrogens is 1. The smallest absolute Gasteiger partial charge is 0.311 e. The molecule has 1 aromatic heterocycles. The Morgan fingerprint density at radius 1 is 1.62 bits per heavy atom. The van der Waals surface area contributed by atoms with Crippen molar-refractivity contribution in [2.45, 2.75) is 19.8 Å². The van der Waals surface area contributed by atoms with E-state index in [1.807, 2.05) is 0 Å². The van der Waals surface area contributed by atoms with Gasteiger partial charge < -0.3 is 10.5 Å². The molecule has 2 N–H and O–H groups in total. The van der Waals surface area contributed by atoms with Crippen LogP contribution >= 0.6 is 0 Å². The molecule has 0 aliphatic carbocycles. The Labute approximate surface area is 91.4 Å². The number of ether oxygens (including phenoxy) is 1. The number of anilines is 1. The molecule has 6 heteroatoms. The molecule has 1 aromatic rings. The van der Waals surface area contributed by atoms with Crippen molar-refractivity contribution in [3.05, 3.63) is 23.0 Å². The van der Waals surface area contributed by atoms with Gasteiger partial charge >= 0.3 is 5.97 Å². The lowest BCUT2D eigenvalue weighted by Gasteiger charge is -2.09. The number of nitrogens with zero attached hydrogens (tertiary/aromatic N) is 1. The van der Waals surface area contributed by atoms with Gasteiger partial charge in [-0.2, -0.15) is 0 Å². The van der Waals surface area contributed by atoms with Crippen LogP contribution in [-0.2, 0) is 16.0 Å². The Balaban J connectivity index is 3.05. The second kappa shape index (κ2) is 4.87. The summed E-state index contributed by atoms with van der Waals surface area (Å²) in [4.78, 5) is 14.9. The summed E-state index contributed by atoms with van der Waals surface area (Å²) in [5.74, 6) is -0.511. The average molecular weight is 230 g/mol. The van der Waals surface area contributed by atoms with E-state index in [0.29, 0.717) is 0 Å². The molecule has 0 amide bonds. The lowest BCUT2D eigenvalue weighted by molar-refractivity contribution is -0.139. The summed E-state index contributed by atoms with van der Waals surface area (Å²) in [6.45, 7) is 1.45. The van der Waals surface area contributed by atoms with Gasteiger partial charge in [0.2, 0.25) is 0 Å². The Morgan fingerprint density at radius 3 is 2.75 bits per heavy atom. The van der Waals surface area contributed by atoms with Crippen LogP contribution in [0.3, 0.4) is 0 Å². The van der Waals surface area contributed by atoms with Crippen LogP contribution in [0.15, 0.2) is 6.07 Å². The van der Waals surface area contributed by atoms with Gasteiger partial charge in [-0.25, -0.2) is 8.78 Å². The van der Waals surface area contributed by atoms with Gasteiger partial charge in [0.25, 0.3) is 6.43 Å². The molecular formula is C10H12F2N2O2. The van der Waals surface area contributed by atoms with Crippen molar-refractivity contribution in [3.8, 4) is 0 Å². The highest BCUT2D eigenvalue weighted by molar-refractivity contribution is 5.74. The van der Waals surface area contributed by atoms with Crippen LogP contribution in [0.25, 0.3) is 0 Å². The lowest BCUT2D eigenvalue weighted by atomic mass is 10.1. The zero-order valence-corrected chi connectivity index (χ0v) is 8.96. The number of pyridine rings is 1. The number of nitrogen functional groups attached to an aromatic ring is 1. The molecule has 0 saturated carbocycles. The van der Waals surface area contributed by atoms with Crippen LogP contribution in [0.5, 0.6) is 0 Å². The standard InChI is InChI=1S/C10H12F2N2O2/c1-5-6(10(11)12)3-7(13)8(14-5)4-9(15)16-2/h3,10H,4,13H2,1-2H3. The predicted molar refractivity (Wildman–Crippen MR) is 54.1 cm³/mol. The molecule has 0 atom stereocenters. The molecule has 16 heavy (non-hydrogen) atoms. The predicted octanol–water partition coefficient (Wildman–Crippen LogP) is 1.63. The molecule has 0 spiro atoms. The van der Waals surface area contributed by atoms with Crippen LogP contribution in [0, 0.1) is 6.92 Å². The summed E-state index contributed by atoms with van der Waals surface area (Å²) in [6.07, 6.45) is -2.74. The zero-order valence-electron chi connectivity index (χ0n) is 8.96. The first-order valence-corrected chi connectivity index (χ1v) is 4.56. The molecular weight excluding hydrogens is 218 g/mol. The first-order chi connectivity index (χ1) is 7.45. The van der Waals surface area contributed by atoms with Crippen molar-refractivity contribution in [1.29, 1.82) is 0 Å². The van der Waals surface area contributed by atoms with Crippen molar-refractivity contribution in [1.82, 2.24) is 4.98 Å². The zero-order chi connectivity index (χ0) is 12.3. The third-order valence-electron chi connectivity index (χ3n) is 2.14. The van der Waals surface area contributed by atoms with Gasteiger partial charge in [-0.1, -0.05) is 0 Å². The summed E-state index contributed by atoms with van der Waals surface area (Å²) in [7, 11) is 1.24. The number of esters is 1. The Morgan fingerprint density at radius 2 is 2.25 bits per heavy atom. The molecule has 0 bridgehead atoms. The topological polar surface area (TPSA) is 65.2 Å². The first kappa shape index (κ1) is 12.4. The van der Waals surface area contributed by atoms with E-state index in [4.69, 9.17) is 5.73 Å². The molecule has 0 unspecified atom stereocenters. The van der Waals surface area contributed by atoms with E-state index in [1.165, 1.54) is 14.0 Å². The number of halogens is 2. The normalized spacial score (nSPS) is 10.6. The second-order valence-electron chi connectivity index (χ2n) is 3.25. The third-order valence-corrected chi connectivity index (χ3v) is 2.14. The molecule has 88 valence electrons. The van der Waals surface area contributed by atoms with Gasteiger partial charge in [0, 0.05) is 11.3 Å². The maximum atomic E-state index is 12.5. The number of hydrogen-bond donors (Lipinski definition) is 1. The second-order valence-corrected chi connectivity index (χ2v) is 3.25. The fraction of sp³-hybridized carbons (Fsp3) is 0.400. The molecule has 1 heterocycles. The Bertz CT molecular complexity index is 408. The maximum Gasteiger partial charge on any atom is 0.311 e. The number of hydrogen-bond acceptors (Lipinski definition) is 4. The van der Waals surface area contributed by atoms with E-state index in [9.17, 15) is 13.6 Å². The highest BCUT2D eigenvalue weighted by Gasteiger charge is 2.16. The number of aryl methyl sites for hydroxylation is 1. The van der Waals surface area contributed by atoms with Gasteiger partial charge in [0.1, 0.15) is 0 Å². The monoisotopic (exact) mass is 230 g/mol. The van der Waals surface area contributed by atoms with E-state index in [1.54, 1.807) is 0 Å². The molecule has 4 nitrogen and oxygen atoms in total. The van der Waals surface area contributed by atoms with Crippen molar-refractivity contribution in [3.63, 3.8) is 0 Å². The quantitative estimate of drug-likeness (QED) is 0.801. The van der Waals surface area contributed by atoms with Crippen LogP contribution in [0.1, 0.15) is 23.4 Å². The van der Waals surface area contributed by atoms with Crippen LogP contribution in [0.2, 0.25) is 0 Å². The number of carbonyl (C=O) groups excluding carboxylic acids is 1. The van der Waals surface area contributed by atoms with Crippen LogP contribution in [-0.4, -0.2) is 18.1 Å². The lowest BCUT2D eigenvalue weighted by Crippen LogP contribution is -2.10. The minimum absolute atomic E-state index is 0.0753. The first-order valence-electron chi connectivity index (χ1n) is 4.56. The van der Waals surface area contributed by atoms with Crippen molar-refractivity contribution in [2.24, 2.45) is 0 Å². The highest BCUT2D eigenvalue weighted by atomic mass is 19.3. The van der Waals surface area contributed by atoms with E-state index in [2.05, 4.69) is 9.72 Å². The van der Waals surface area contributed by atoms with E-state index >= 15 is 0 Å². The third kappa shape index (κ3) is 2.65. The van der Waals surface area contributed by atoms with E-state index in [0.717, 1.165) is 6.07 Å². The number of carbonyl (C=O) groups is 1. The molecule has 0 fully saturated rings. The fourth-order valence-electron chi connectivity index (χ4n) is 1.26. The van der Waals surface area contributed by atoms with Crippen molar-refractivity contribution in [2.75, 3.05) is 12.8 Å². The van der Waals surface area contributed by atoms with Gasteiger partial charge in [0.05, 0.1) is 24.9 Å². The number of alkyl halides is 2. The highest BCUT2D eigenvalue weighted by Crippen LogP contribution is 2.25. The molecule has 0 aliphatic heterocycles. The van der Waals surface area contributed by atoms with Gasteiger partial charge in [0.15, 0.2) is 0 Å². The van der Waals surface area contributed by atoms with Gasteiger partial charge in [-0.05, 0) is 13.0 Å². The molecule has 0 radical (unpaired) electrons. The van der Waals surface area contributed by atoms with Gasteiger partial charge in [-0.3, -0.25) is 9.78 Å². The Kier molecular flexibility index (Phi) is 3.76. The molecule has 0 aromatic carbocycles. The minimum atomic E-state index is -2.62. The van der Waals surface area contributed by atoms with Gasteiger partial charge in [-0.15, -0.1) is 0 Å². The summed E-state index contributed by atoms with van der Waals surface area (Å²) in [5, 5.41) is 0. The molecule has 0 aliphatic rings. The average Bonchev–Trinajstić information content (AvgIpc) is 2.22. The summed E-state index contributed by atoms with van der Waals surface area (Å²) >= 11 is 0. The molecule has 0 saturated heterocycles. The SMILES string of the molecule is COC(=O)Cc1nc(C)c(C(F)F)cc1N. The van der Waals surface area contributed by atoms with E-state index < -0.39 is 12.4 Å². The summed E-state index contributed by atoms with van der Waals surface area (Å²) in [6, 6.07) is 1.14. The van der Waals surface area contributed by atoms with E-state index in [-0.39, 0.29) is 29.1 Å². The maximum absolute atomic E-state index is 12.5. The van der Waals surface area contributed by atoms with Crippen LogP contribution < -0.4 is 5.73 Å². The summed E-state index contributed by atoms with van der Waals surface area (Å²) < 4.78 is 29.4. The number of methoxy groups -OCH3 is 1. The Hall–Kier alpha value is -1.72. The minimum Gasteiger partial charge on any atom is -0.469 e.